The minimum absolute atomic E-state index is 0.109. The minimum Gasteiger partial charge on any atom is -0.481 e. The van der Waals surface area contributed by atoms with Gasteiger partial charge in [-0.3, -0.25) is 9.59 Å². The number of aliphatic carboxylic acids is 1. The Kier molecular flexibility index (Phi) is 8.37. The van der Waals surface area contributed by atoms with Gasteiger partial charge in [0.15, 0.2) is 0 Å². The Labute approximate surface area is 146 Å². The average molecular weight is 361 g/mol. The zero-order chi connectivity index (χ0) is 17.4. The van der Waals surface area contributed by atoms with Crippen LogP contribution in [-0.2, 0) is 11.2 Å². The van der Waals surface area contributed by atoms with E-state index < -0.39 is 12.0 Å². The van der Waals surface area contributed by atoms with Crippen LogP contribution >= 0.6 is 23.2 Å². The van der Waals surface area contributed by atoms with Gasteiger partial charge >= 0.3 is 5.97 Å². The molecule has 128 valence electrons. The second-order valence-corrected chi connectivity index (χ2v) is 6.13. The quantitative estimate of drug-likeness (QED) is 0.661. The van der Waals surface area contributed by atoms with Crippen LogP contribution in [0.3, 0.4) is 0 Å². The lowest BCUT2D eigenvalue weighted by Crippen LogP contribution is -2.34. The fourth-order valence-corrected chi connectivity index (χ4v) is 2.71. The molecule has 3 N–H and O–H groups in total. The summed E-state index contributed by atoms with van der Waals surface area (Å²) >= 11 is 11.5. The van der Waals surface area contributed by atoms with E-state index in [1.165, 1.54) is 0 Å². The molecular weight excluding hydrogens is 339 g/mol. The molecule has 0 aromatic heterocycles. The number of carbonyl (C=O) groups excluding carboxylic acids is 1. The number of carboxylic acids is 1. The van der Waals surface area contributed by atoms with Gasteiger partial charge in [0, 0.05) is 36.5 Å². The summed E-state index contributed by atoms with van der Waals surface area (Å²) in [4.78, 5) is 24.9. The number of amides is 1. The van der Waals surface area contributed by atoms with Crippen LogP contribution in [0, 0.1) is 6.92 Å². The third-order valence-electron chi connectivity index (χ3n) is 3.51. The van der Waals surface area contributed by atoms with Crippen LogP contribution in [-0.4, -0.2) is 52.8 Å². The number of benzene rings is 1. The number of rotatable bonds is 9. The summed E-state index contributed by atoms with van der Waals surface area (Å²) in [5, 5.41) is 8.80. The highest BCUT2D eigenvalue weighted by molar-refractivity contribution is 6.18. The molecule has 0 fully saturated rings. The molecule has 0 saturated heterocycles. The third-order valence-corrected chi connectivity index (χ3v) is 3.85. The molecule has 1 aromatic rings. The number of alkyl halides is 2. The highest BCUT2D eigenvalue weighted by Crippen LogP contribution is 2.16. The van der Waals surface area contributed by atoms with Crippen molar-refractivity contribution in [2.24, 2.45) is 5.73 Å². The summed E-state index contributed by atoms with van der Waals surface area (Å²) in [6, 6.07) is 4.88. The first-order chi connectivity index (χ1) is 10.9. The number of carbonyl (C=O) groups is 2. The normalized spacial score (nSPS) is 12.0. The van der Waals surface area contributed by atoms with E-state index in [-0.39, 0.29) is 12.3 Å². The molecule has 5 nitrogen and oxygen atoms in total. The standard InChI is InChI=1S/C16H22Cl2N2O3/c1-11-2-3-12(16(23)20(6-4-17)7-5-18)8-13(11)9-14(19)10-15(21)22/h2-3,8,14H,4-7,9-10,19H2,1H3,(H,21,22). The zero-order valence-electron chi connectivity index (χ0n) is 13.1. The summed E-state index contributed by atoms with van der Waals surface area (Å²) in [6.45, 7) is 2.76. The molecule has 1 amide bonds. The maximum atomic E-state index is 12.5. The van der Waals surface area contributed by atoms with E-state index in [4.69, 9.17) is 34.0 Å². The maximum Gasteiger partial charge on any atom is 0.304 e. The van der Waals surface area contributed by atoms with Crippen molar-refractivity contribution in [2.75, 3.05) is 24.8 Å². The van der Waals surface area contributed by atoms with E-state index in [0.29, 0.717) is 36.8 Å². The molecule has 0 aliphatic rings. The van der Waals surface area contributed by atoms with E-state index in [1.54, 1.807) is 17.0 Å². The highest BCUT2D eigenvalue weighted by atomic mass is 35.5. The Morgan fingerprint density at radius 1 is 1.26 bits per heavy atom. The smallest absolute Gasteiger partial charge is 0.304 e. The average Bonchev–Trinajstić information content (AvgIpc) is 2.47. The van der Waals surface area contributed by atoms with Crippen LogP contribution in [0.4, 0.5) is 0 Å². The van der Waals surface area contributed by atoms with Crippen LogP contribution in [0.5, 0.6) is 0 Å². The number of hydrogen-bond donors (Lipinski definition) is 2. The van der Waals surface area contributed by atoms with E-state index >= 15 is 0 Å². The number of hydrogen-bond acceptors (Lipinski definition) is 3. The van der Waals surface area contributed by atoms with Gasteiger partial charge in [-0.15, -0.1) is 23.2 Å². The minimum atomic E-state index is -0.933. The molecule has 0 radical (unpaired) electrons. The Balaban J connectivity index is 2.94. The Hall–Kier alpha value is -1.30. The third kappa shape index (κ3) is 6.37. The molecule has 1 atom stereocenters. The molecular formula is C16H22Cl2N2O3. The molecule has 1 unspecified atom stereocenters. The largest absolute Gasteiger partial charge is 0.481 e. The second-order valence-electron chi connectivity index (χ2n) is 5.37. The van der Waals surface area contributed by atoms with Crippen LogP contribution in [0.15, 0.2) is 18.2 Å². The van der Waals surface area contributed by atoms with Gasteiger partial charge in [0.1, 0.15) is 0 Å². The van der Waals surface area contributed by atoms with E-state index in [0.717, 1.165) is 11.1 Å². The first-order valence-corrected chi connectivity index (χ1v) is 8.44. The van der Waals surface area contributed by atoms with Gasteiger partial charge in [-0.2, -0.15) is 0 Å². The lowest BCUT2D eigenvalue weighted by atomic mass is 9.97. The van der Waals surface area contributed by atoms with Gasteiger partial charge in [-0.25, -0.2) is 0 Å². The summed E-state index contributed by atoms with van der Waals surface area (Å²) < 4.78 is 0. The van der Waals surface area contributed by atoms with Crippen molar-refractivity contribution in [3.05, 3.63) is 34.9 Å². The molecule has 0 saturated carbocycles. The molecule has 1 rings (SSSR count). The first kappa shape index (κ1) is 19.7. The highest BCUT2D eigenvalue weighted by Gasteiger charge is 2.17. The topological polar surface area (TPSA) is 83.6 Å². The molecule has 23 heavy (non-hydrogen) atoms. The van der Waals surface area contributed by atoms with Crippen molar-refractivity contribution >= 4 is 35.1 Å². The lowest BCUT2D eigenvalue weighted by Gasteiger charge is -2.21. The Morgan fingerprint density at radius 3 is 2.39 bits per heavy atom. The van der Waals surface area contributed by atoms with Crippen molar-refractivity contribution in [3.8, 4) is 0 Å². The van der Waals surface area contributed by atoms with Crippen molar-refractivity contribution in [1.29, 1.82) is 0 Å². The van der Waals surface area contributed by atoms with Gasteiger partial charge in [0.2, 0.25) is 0 Å². The molecule has 0 aliphatic carbocycles. The number of carboxylic acid groups (broad SMARTS) is 1. The molecule has 0 heterocycles. The summed E-state index contributed by atoms with van der Waals surface area (Å²) in [5.41, 5.74) is 8.23. The van der Waals surface area contributed by atoms with Gasteiger partial charge < -0.3 is 15.7 Å². The van der Waals surface area contributed by atoms with Gasteiger partial charge in [-0.1, -0.05) is 6.07 Å². The SMILES string of the molecule is Cc1ccc(C(=O)N(CCCl)CCCl)cc1CC(N)CC(=O)O. The van der Waals surface area contributed by atoms with Crippen LogP contribution < -0.4 is 5.73 Å². The first-order valence-electron chi connectivity index (χ1n) is 7.37. The van der Waals surface area contributed by atoms with E-state index in [2.05, 4.69) is 0 Å². The summed E-state index contributed by atoms with van der Waals surface area (Å²) in [6.07, 6.45) is 0.298. The number of halogens is 2. The van der Waals surface area contributed by atoms with Gasteiger partial charge in [0.05, 0.1) is 6.42 Å². The van der Waals surface area contributed by atoms with Crippen molar-refractivity contribution in [2.45, 2.75) is 25.8 Å². The molecule has 7 heteroatoms. The predicted octanol–water partition coefficient (Wildman–Crippen LogP) is 2.26. The lowest BCUT2D eigenvalue weighted by molar-refractivity contribution is -0.137. The molecule has 1 aromatic carbocycles. The Morgan fingerprint density at radius 2 is 1.87 bits per heavy atom. The molecule has 0 bridgehead atoms. The second kappa shape index (κ2) is 9.75. The number of nitrogens with zero attached hydrogens (tertiary/aromatic N) is 1. The van der Waals surface area contributed by atoms with Crippen LogP contribution in [0.2, 0.25) is 0 Å². The van der Waals surface area contributed by atoms with Gasteiger partial charge in [0.25, 0.3) is 5.91 Å². The van der Waals surface area contributed by atoms with E-state index in [9.17, 15) is 9.59 Å². The maximum absolute atomic E-state index is 12.5. The Bertz CT molecular complexity index is 546. The fraction of sp³-hybridized carbons (Fsp3) is 0.500. The fourth-order valence-electron chi connectivity index (χ4n) is 2.30. The number of nitrogens with two attached hydrogens (primary N) is 1. The van der Waals surface area contributed by atoms with Crippen LogP contribution in [0.25, 0.3) is 0 Å². The molecule has 0 aliphatic heterocycles. The predicted molar refractivity (Wildman–Crippen MR) is 92.5 cm³/mol. The van der Waals surface area contributed by atoms with E-state index in [1.807, 2.05) is 13.0 Å². The van der Waals surface area contributed by atoms with Crippen LogP contribution in [0.1, 0.15) is 27.9 Å². The monoisotopic (exact) mass is 360 g/mol. The number of aryl methyl sites for hydroxylation is 1. The molecule has 0 spiro atoms. The van der Waals surface area contributed by atoms with Gasteiger partial charge in [-0.05, 0) is 36.6 Å². The summed E-state index contributed by atoms with van der Waals surface area (Å²) in [7, 11) is 0. The van der Waals surface area contributed by atoms with Crippen molar-refractivity contribution in [1.82, 2.24) is 4.90 Å². The zero-order valence-corrected chi connectivity index (χ0v) is 14.6. The van der Waals surface area contributed by atoms with Crippen molar-refractivity contribution < 1.29 is 14.7 Å². The van der Waals surface area contributed by atoms with Crippen molar-refractivity contribution in [3.63, 3.8) is 0 Å². The summed E-state index contributed by atoms with van der Waals surface area (Å²) in [5.74, 6) is -0.396.